The highest BCUT2D eigenvalue weighted by Crippen LogP contribution is 2.37. The average Bonchev–Trinajstić information content (AvgIpc) is 3.42. The summed E-state index contributed by atoms with van der Waals surface area (Å²) >= 11 is 1.61. The molecule has 1 aromatic carbocycles. The molecule has 0 unspecified atom stereocenters. The Morgan fingerprint density at radius 2 is 2.00 bits per heavy atom. The van der Waals surface area contributed by atoms with Gasteiger partial charge in [-0.1, -0.05) is 38.2 Å². The number of nitrogens with one attached hydrogen (secondary N) is 2. The van der Waals surface area contributed by atoms with Gasteiger partial charge in [0.2, 0.25) is 11.1 Å². The second kappa shape index (κ2) is 7.50. The van der Waals surface area contributed by atoms with E-state index in [1.807, 2.05) is 15.6 Å². The van der Waals surface area contributed by atoms with Gasteiger partial charge in [0.25, 0.3) is 5.56 Å². The molecule has 0 saturated heterocycles. The zero-order valence-corrected chi connectivity index (χ0v) is 19.9. The van der Waals surface area contributed by atoms with Crippen molar-refractivity contribution in [3.05, 3.63) is 57.0 Å². The first-order valence-corrected chi connectivity index (χ1v) is 12.3. The minimum atomic E-state index is -0.0483. The van der Waals surface area contributed by atoms with Gasteiger partial charge in [-0.2, -0.15) is 4.98 Å². The van der Waals surface area contributed by atoms with Crippen molar-refractivity contribution in [2.45, 2.75) is 58.0 Å². The van der Waals surface area contributed by atoms with Crippen LogP contribution in [-0.4, -0.2) is 30.9 Å². The van der Waals surface area contributed by atoms with Gasteiger partial charge in [0.05, 0.1) is 6.04 Å². The van der Waals surface area contributed by atoms with E-state index in [4.69, 9.17) is 4.98 Å². The van der Waals surface area contributed by atoms with Crippen molar-refractivity contribution in [3.63, 3.8) is 0 Å². The van der Waals surface area contributed by atoms with Gasteiger partial charge in [0.15, 0.2) is 5.65 Å². The van der Waals surface area contributed by atoms with Crippen LogP contribution >= 0.6 is 11.3 Å². The number of fused-ring (bicyclic) bond motifs is 2. The largest absolute Gasteiger partial charge is 0.324 e. The molecular weight excluding hydrogens is 434 g/mol. The van der Waals surface area contributed by atoms with Crippen molar-refractivity contribution in [2.24, 2.45) is 0 Å². The zero-order chi connectivity index (χ0) is 22.7. The predicted octanol–water partition coefficient (Wildman–Crippen LogP) is 4.06. The molecule has 9 heteroatoms. The van der Waals surface area contributed by atoms with Crippen LogP contribution in [0, 0.1) is 0 Å². The maximum Gasteiger partial charge on any atom is 0.278 e. The Hall–Kier alpha value is -3.04. The molecule has 4 aromatic rings. The van der Waals surface area contributed by atoms with E-state index in [1.54, 1.807) is 17.5 Å². The third-order valence-corrected chi connectivity index (χ3v) is 7.68. The van der Waals surface area contributed by atoms with E-state index in [2.05, 4.69) is 59.6 Å². The van der Waals surface area contributed by atoms with Gasteiger partial charge < -0.3 is 10.6 Å². The molecule has 0 radical (unpaired) electrons. The van der Waals surface area contributed by atoms with Gasteiger partial charge in [-0.3, -0.25) is 4.79 Å². The lowest BCUT2D eigenvalue weighted by Gasteiger charge is -2.18. The molecule has 2 aliphatic rings. The van der Waals surface area contributed by atoms with Crippen molar-refractivity contribution in [1.29, 1.82) is 0 Å². The molecule has 1 fully saturated rings. The standard InChI is InChI=1S/C24H27N7OS/c1-24(2,3)19-13-27-23(33-19)31-20-18(21(32)30(31)17-6-7-17)12-26-22(29-20)28-16-5-4-15-11-25-9-8-14(15)10-16/h4-5,10,12-13,17,25H,6-9,11H2,1-3H3,(H,26,28,29). The number of aromatic nitrogens is 5. The van der Waals surface area contributed by atoms with Gasteiger partial charge in [-0.25, -0.2) is 19.3 Å². The summed E-state index contributed by atoms with van der Waals surface area (Å²) < 4.78 is 3.72. The van der Waals surface area contributed by atoms with Crippen LogP contribution in [0.25, 0.3) is 16.2 Å². The van der Waals surface area contributed by atoms with E-state index in [0.717, 1.165) is 43.2 Å². The van der Waals surface area contributed by atoms with Gasteiger partial charge >= 0.3 is 0 Å². The minimum absolute atomic E-state index is 0.00670. The van der Waals surface area contributed by atoms with E-state index in [0.29, 0.717) is 17.0 Å². The summed E-state index contributed by atoms with van der Waals surface area (Å²) in [7, 11) is 0. The number of rotatable bonds is 4. The zero-order valence-electron chi connectivity index (χ0n) is 19.1. The van der Waals surface area contributed by atoms with Crippen LogP contribution in [0.2, 0.25) is 0 Å². The SMILES string of the molecule is CC(C)(C)c1cnc(-n2c3nc(Nc4ccc5c(c4)CCNC5)ncc3c(=O)n2C2CC2)s1. The molecule has 33 heavy (non-hydrogen) atoms. The second-order valence-corrected chi connectivity index (χ2v) is 10.9. The third kappa shape index (κ3) is 3.65. The van der Waals surface area contributed by atoms with E-state index < -0.39 is 0 Å². The van der Waals surface area contributed by atoms with Crippen LogP contribution in [0.4, 0.5) is 11.6 Å². The van der Waals surface area contributed by atoms with Crippen molar-refractivity contribution < 1.29 is 0 Å². The lowest BCUT2D eigenvalue weighted by atomic mass is 9.96. The Morgan fingerprint density at radius 3 is 2.76 bits per heavy atom. The van der Waals surface area contributed by atoms with Crippen LogP contribution in [-0.2, 0) is 18.4 Å². The van der Waals surface area contributed by atoms with Crippen LogP contribution in [0.15, 0.2) is 35.4 Å². The number of hydrogen-bond acceptors (Lipinski definition) is 7. The van der Waals surface area contributed by atoms with Crippen molar-refractivity contribution in [2.75, 3.05) is 11.9 Å². The quantitative estimate of drug-likeness (QED) is 0.476. The molecule has 1 aliphatic carbocycles. The molecule has 0 amide bonds. The molecule has 8 nitrogen and oxygen atoms in total. The summed E-state index contributed by atoms with van der Waals surface area (Å²) in [6, 6.07) is 6.56. The fourth-order valence-electron chi connectivity index (χ4n) is 4.29. The predicted molar refractivity (Wildman–Crippen MR) is 131 cm³/mol. The smallest absolute Gasteiger partial charge is 0.278 e. The second-order valence-electron chi connectivity index (χ2n) is 9.92. The number of benzene rings is 1. The molecule has 0 spiro atoms. The highest BCUT2D eigenvalue weighted by molar-refractivity contribution is 7.14. The molecule has 0 bridgehead atoms. The van der Waals surface area contributed by atoms with E-state index in [-0.39, 0.29) is 17.0 Å². The fourth-order valence-corrected chi connectivity index (χ4v) is 5.26. The van der Waals surface area contributed by atoms with Crippen LogP contribution in [0.3, 0.4) is 0 Å². The Labute approximate surface area is 195 Å². The Bertz CT molecular complexity index is 1420. The summed E-state index contributed by atoms with van der Waals surface area (Å²) in [4.78, 5) is 28.4. The summed E-state index contributed by atoms with van der Waals surface area (Å²) in [5.41, 5.74) is 4.17. The van der Waals surface area contributed by atoms with Gasteiger partial charge in [-0.15, -0.1) is 0 Å². The van der Waals surface area contributed by atoms with Crippen molar-refractivity contribution >= 4 is 34.0 Å². The number of anilines is 2. The first kappa shape index (κ1) is 20.6. The Morgan fingerprint density at radius 1 is 1.15 bits per heavy atom. The lowest BCUT2D eigenvalue weighted by molar-refractivity contribution is 0.558. The molecule has 4 heterocycles. The van der Waals surface area contributed by atoms with E-state index >= 15 is 0 Å². The molecule has 0 atom stereocenters. The number of nitrogens with zero attached hydrogens (tertiary/aromatic N) is 5. The summed E-state index contributed by atoms with van der Waals surface area (Å²) in [6.07, 6.45) is 6.56. The lowest BCUT2D eigenvalue weighted by Crippen LogP contribution is -2.23. The molecule has 1 aliphatic heterocycles. The fraction of sp³-hybridized carbons (Fsp3) is 0.417. The summed E-state index contributed by atoms with van der Waals surface area (Å²) in [5.74, 6) is 0.477. The summed E-state index contributed by atoms with van der Waals surface area (Å²) in [6.45, 7) is 8.41. The number of thiazole rings is 1. The van der Waals surface area contributed by atoms with Crippen LogP contribution in [0.1, 0.15) is 55.7 Å². The molecule has 6 rings (SSSR count). The van der Waals surface area contributed by atoms with Gasteiger partial charge in [-0.05, 0) is 54.5 Å². The maximum atomic E-state index is 13.3. The average molecular weight is 462 g/mol. The maximum absolute atomic E-state index is 13.3. The molecule has 170 valence electrons. The molecule has 3 aromatic heterocycles. The first-order chi connectivity index (χ1) is 15.9. The molecular formula is C24H27N7OS. The van der Waals surface area contributed by atoms with Gasteiger partial charge in [0.1, 0.15) is 5.39 Å². The van der Waals surface area contributed by atoms with Crippen LogP contribution in [0.5, 0.6) is 0 Å². The van der Waals surface area contributed by atoms with Crippen LogP contribution < -0.4 is 16.2 Å². The minimum Gasteiger partial charge on any atom is -0.324 e. The normalized spacial score (nSPS) is 16.2. The molecule has 1 saturated carbocycles. The van der Waals surface area contributed by atoms with Crippen molar-refractivity contribution in [3.8, 4) is 5.13 Å². The highest BCUT2D eigenvalue weighted by Gasteiger charge is 2.32. The monoisotopic (exact) mass is 461 g/mol. The van der Waals surface area contributed by atoms with E-state index in [1.165, 1.54) is 16.0 Å². The summed E-state index contributed by atoms with van der Waals surface area (Å²) in [5, 5.41) is 8.04. The first-order valence-electron chi connectivity index (χ1n) is 11.4. The van der Waals surface area contributed by atoms with Gasteiger partial charge in [0, 0.05) is 29.5 Å². The highest BCUT2D eigenvalue weighted by atomic mass is 32.1. The van der Waals surface area contributed by atoms with Crippen molar-refractivity contribution in [1.82, 2.24) is 29.6 Å². The Balaban J connectivity index is 1.44. The molecule has 2 N–H and O–H groups in total. The van der Waals surface area contributed by atoms with E-state index in [9.17, 15) is 4.79 Å². The Kier molecular flexibility index (Phi) is 4.67. The third-order valence-electron chi connectivity index (χ3n) is 6.28. The number of hydrogen-bond donors (Lipinski definition) is 2. The topological polar surface area (TPSA) is 89.7 Å².